The summed E-state index contributed by atoms with van der Waals surface area (Å²) in [4.78, 5) is 12.7. The molecule has 0 bridgehead atoms. The van der Waals surface area contributed by atoms with Crippen LogP contribution in [0.3, 0.4) is 0 Å². The first-order valence-corrected chi connectivity index (χ1v) is 11.3. The Morgan fingerprint density at radius 3 is 2.06 bits per heavy atom. The van der Waals surface area contributed by atoms with Crippen molar-refractivity contribution in [2.75, 3.05) is 0 Å². The number of pyridine rings is 1. The highest BCUT2D eigenvalue weighted by Gasteiger charge is 2.11. The molecule has 5 nitrogen and oxygen atoms in total. The lowest BCUT2D eigenvalue weighted by Gasteiger charge is -2.14. The molecule has 0 saturated heterocycles. The molecule has 5 aromatic rings. The topological polar surface area (TPSA) is 45.4 Å². The maximum Gasteiger partial charge on any atom is 0.223 e. The summed E-state index contributed by atoms with van der Waals surface area (Å²) in [5.74, 6) is 1.20. The number of nitrogens with zero attached hydrogens (tertiary/aromatic N) is 2. The van der Waals surface area contributed by atoms with Crippen molar-refractivity contribution in [1.82, 2.24) is 9.13 Å². The SMILES string of the molecule is Cn1cc(OCc2ccccc2)c(=O)cc1Cn1ccc2c(OCc3ccccc3)cccc21. The van der Waals surface area contributed by atoms with Crippen LogP contribution < -0.4 is 14.9 Å². The maximum absolute atomic E-state index is 12.7. The first-order chi connectivity index (χ1) is 16.7. The first kappa shape index (κ1) is 21.6. The molecule has 170 valence electrons. The second-order valence-electron chi connectivity index (χ2n) is 8.29. The van der Waals surface area contributed by atoms with E-state index in [0.717, 1.165) is 33.5 Å². The van der Waals surface area contributed by atoms with Gasteiger partial charge in [0.25, 0.3) is 0 Å². The van der Waals surface area contributed by atoms with E-state index in [1.165, 1.54) is 0 Å². The van der Waals surface area contributed by atoms with Crippen molar-refractivity contribution in [3.63, 3.8) is 0 Å². The number of benzene rings is 3. The molecule has 3 aromatic carbocycles. The highest BCUT2D eigenvalue weighted by Crippen LogP contribution is 2.28. The molecule has 2 aromatic heterocycles. The zero-order valence-electron chi connectivity index (χ0n) is 19.1. The van der Waals surface area contributed by atoms with Crippen LogP contribution in [-0.4, -0.2) is 9.13 Å². The second-order valence-corrected chi connectivity index (χ2v) is 8.29. The van der Waals surface area contributed by atoms with Crippen molar-refractivity contribution >= 4 is 10.9 Å². The van der Waals surface area contributed by atoms with Crippen LogP contribution in [-0.2, 0) is 26.8 Å². The van der Waals surface area contributed by atoms with Crippen molar-refractivity contribution in [1.29, 1.82) is 0 Å². The molecule has 0 radical (unpaired) electrons. The second kappa shape index (κ2) is 9.71. The van der Waals surface area contributed by atoms with E-state index in [9.17, 15) is 4.79 Å². The molecule has 0 N–H and O–H groups in total. The normalized spacial score (nSPS) is 11.0. The van der Waals surface area contributed by atoms with E-state index in [-0.39, 0.29) is 5.43 Å². The minimum Gasteiger partial charge on any atom is -0.488 e. The average molecular weight is 451 g/mol. The Bertz CT molecular complexity index is 1450. The summed E-state index contributed by atoms with van der Waals surface area (Å²) in [5, 5.41) is 1.05. The zero-order valence-corrected chi connectivity index (χ0v) is 19.1. The summed E-state index contributed by atoms with van der Waals surface area (Å²) < 4.78 is 16.0. The Labute approximate surface area is 198 Å². The van der Waals surface area contributed by atoms with Crippen molar-refractivity contribution < 1.29 is 9.47 Å². The molecule has 0 spiro atoms. The molecule has 0 aliphatic carbocycles. The molecular weight excluding hydrogens is 424 g/mol. The van der Waals surface area contributed by atoms with E-state index in [4.69, 9.17) is 9.47 Å². The van der Waals surface area contributed by atoms with Crippen LogP contribution >= 0.6 is 0 Å². The van der Waals surface area contributed by atoms with Crippen molar-refractivity contribution in [3.05, 3.63) is 130 Å². The molecule has 0 aliphatic heterocycles. The molecule has 34 heavy (non-hydrogen) atoms. The van der Waals surface area contributed by atoms with Gasteiger partial charge in [-0.25, -0.2) is 0 Å². The third-order valence-electron chi connectivity index (χ3n) is 5.88. The van der Waals surface area contributed by atoms with Crippen LogP contribution in [0.5, 0.6) is 11.5 Å². The molecule has 2 heterocycles. The van der Waals surface area contributed by atoms with Crippen LogP contribution in [0.4, 0.5) is 0 Å². The third-order valence-corrected chi connectivity index (χ3v) is 5.88. The Kier molecular flexibility index (Phi) is 6.17. The van der Waals surface area contributed by atoms with Gasteiger partial charge in [0.1, 0.15) is 19.0 Å². The van der Waals surface area contributed by atoms with Crippen LogP contribution in [0, 0.1) is 0 Å². The van der Waals surface area contributed by atoms with E-state index in [1.807, 2.05) is 78.5 Å². The van der Waals surface area contributed by atoms with E-state index in [2.05, 4.69) is 28.8 Å². The summed E-state index contributed by atoms with van der Waals surface area (Å²) in [7, 11) is 1.93. The maximum atomic E-state index is 12.7. The van der Waals surface area contributed by atoms with Crippen molar-refractivity contribution in [2.24, 2.45) is 7.05 Å². The Morgan fingerprint density at radius 2 is 1.38 bits per heavy atom. The standard InChI is InChI=1S/C29H26N2O3/c1-30-19-29(34-21-23-11-6-3-7-12-23)27(32)17-24(30)18-31-16-15-25-26(31)13-8-14-28(25)33-20-22-9-4-2-5-10-22/h2-17,19H,18,20-21H2,1H3. The van der Waals surface area contributed by atoms with E-state index >= 15 is 0 Å². The number of hydrogen-bond acceptors (Lipinski definition) is 3. The monoisotopic (exact) mass is 450 g/mol. The fourth-order valence-corrected chi connectivity index (χ4v) is 4.02. The molecule has 0 saturated carbocycles. The Balaban J connectivity index is 1.34. The van der Waals surface area contributed by atoms with Crippen LogP contribution in [0.25, 0.3) is 10.9 Å². The summed E-state index contributed by atoms with van der Waals surface area (Å²) in [6, 6.07) is 29.7. The molecule has 0 amide bonds. The highest BCUT2D eigenvalue weighted by atomic mass is 16.5. The average Bonchev–Trinajstić information content (AvgIpc) is 3.28. The first-order valence-electron chi connectivity index (χ1n) is 11.3. The highest BCUT2D eigenvalue weighted by molar-refractivity contribution is 5.86. The van der Waals surface area contributed by atoms with Gasteiger partial charge in [-0.05, 0) is 29.3 Å². The number of fused-ring (bicyclic) bond motifs is 1. The summed E-state index contributed by atoms with van der Waals surface area (Å²) in [6.45, 7) is 1.45. The van der Waals surface area contributed by atoms with Crippen LogP contribution in [0.15, 0.2) is 108 Å². The van der Waals surface area contributed by atoms with Gasteiger partial charge in [0.15, 0.2) is 5.75 Å². The Morgan fingerprint density at radius 1 is 0.735 bits per heavy atom. The molecule has 0 unspecified atom stereocenters. The largest absolute Gasteiger partial charge is 0.488 e. The number of aromatic nitrogens is 2. The van der Waals surface area contributed by atoms with Gasteiger partial charge in [-0.15, -0.1) is 0 Å². The van der Waals surface area contributed by atoms with Crippen molar-refractivity contribution in [2.45, 2.75) is 19.8 Å². The Hall–Kier alpha value is -4.25. The molecular formula is C29H26N2O3. The van der Waals surface area contributed by atoms with Crippen molar-refractivity contribution in [3.8, 4) is 11.5 Å². The van der Waals surface area contributed by atoms with Gasteiger partial charge < -0.3 is 18.6 Å². The molecule has 0 aliphatic rings. The lowest BCUT2D eigenvalue weighted by molar-refractivity contribution is 0.300. The van der Waals surface area contributed by atoms with Gasteiger partial charge in [0, 0.05) is 30.4 Å². The van der Waals surface area contributed by atoms with Crippen LogP contribution in [0.1, 0.15) is 16.8 Å². The van der Waals surface area contributed by atoms with Gasteiger partial charge in [-0.1, -0.05) is 66.7 Å². The smallest absolute Gasteiger partial charge is 0.223 e. The fourth-order valence-electron chi connectivity index (χ4n) is 4.02. The predicted octanol–water partition coefficient (Wildman–Crippen LogP) is 5.55. The zero-order chi connectivity index (χ0) is 23.3. The minimum absolute atomic E-state index is 0.118. The van der Waals surface area contributed by atoms with E-state index in [1.54, 1.807) is 12.3 Å². The number of aryl methyl sites for hydroxylation is 1. The number of ether oxygens (including phenoxy) is 2. The quantitative estimate of drug-likeness (QED) is 0.312. The van der Waals surface area contributed by atoms with E-state index in [0.29, 0.717) is 25.5 Å². The minimum atomic E-state index is -0.118. The molecule has 5 heteroatoms. The molecule has 0 fully saturated rings. The number of rotatable bonds is 8. The lowest BCUT2D eigenvalue weighted by Crippen LogP contribution is -2.15. The van der Waals surface area contributed by atoms with Gasteiger partial charge in [0.2, 0.25) is 5.43 Å². The molecule has 0 atom stereocenters. The van der Waals surface area contributed by atoms with Gasteiger partial charge >= 0.3 is 0 Å². The predicted molar refractivity (Wildman–Crippen MR) is 134 cm³/mol. The van der Waals surface area contributed by atoms with Gasteiger partial charge in [0.05, 0.1) is 18.3 Å². The summed E-state index contributed by atoms with van der Waals surface area (Å²) in [5.41, 5.74) is 3.99. The number of hydrogen-bond donors (Lipinski definition) is 0. The van der Waals surface area contributed by atoms with E-state index < -0.39 is 0 Å². The van der Waals surface area contributed by atoms with Gasteiger partial charge in [-0.2, -0.15) is 0 Å². The van der Waals surface area contributed by atoms with Crippen LogP contribution in [0.2, 0.25) is 0 Å². The molecule has 5 rings (SSSR count). The lowest BCUT2D eigenvalue weighted by atomic mass is 10.2. The summed E-state index contributed by atoms with van der Waals surface area (Å²) in [6.07, 6.45) is 3.80. The fraction of sp³-hybridized carbons (Fsp3) is 0.138. The third kappa shape index (κ3) is 4.74. The summed E-state index contributed by atoms with van der Waals surface area (Å²) >= 11 is 0. The van der Waals surface area contributed by atoms with Gasteiger partial charge in [-0.3, -0.25) is 4.79 Å².